The van der Waals surface area contributed by atoms with Crippen LogP contribution in [-0.4, -0.2) is 10.2 Å². The molecule has 0 saturated carbocycles. The summed E-state index contributed by atoms with van der Waals surface area (Å²) in [5.74, 6) is 1.46. The van der Waals surface area contributed by atoms with E-state index in [1.54, 1.807) is 0 Å². The molecule has 0 atom stereocenters. The third-order valence-electron chi connectivity index (χ3n) is 3.08. The molecular weight excluding hydrogens is 214 g/mol. The first-order valence-corrected chi connectivity index (χ1v) is 5.46. The Morgan fingerprint density at radius 3 is 2.76 bits per heavy atom. The summed E-state index contributed by atoms with van der Waals surface area (Å²) in [5, 5.41) is 7.97. The number of furan rings is 1. The first-order chi connectivity index (χ1) is 8.15. The van der Waals surface area contributed by atoms with Gasteiger partial charge in [-0.15, -0.1) is 0 Å². The Bertz CT molecular complexity index is 694. The number of nitrogens with zero attached hydrogens (tertiary/aromatic N) is 1. The highest BCUT2D eigenvalue weighted by molar-refractivity contribution is 5.86. The summed E-state index contributed by atoms with van der Waals surface area (Å²) in [7, 11) is 0. The number of aromatic nitrogens is 2. The summed E-state index contributed by atoms with van der Waals surface area (Å²) in [4.78, 5) is 0. The Hall–Kier alpha value is -2.23. The van der Waals surface area contributed by atoms with Gasteiger partial charge < -0.3 is 10.2 Å². The number of anilines is 1. The van der Waals surface area contributed by atoms with Crippen LogP contribution in [0.3, 0.4) is 0 Å². The van der Waals surface area contributed by atoms with Gasteiger partial charge in [0.25, 0.3) is 0 Å². The number of aryl methyl sites for hydroxylation is 2. The molecule has 1 aromatic carbocycles. The average molecular weight is 227 g/mol. The van der Waals surface area contributed by atoms with Crippen molar-refractivity contribution in [1.29, 1.82) is 0 Å². The fourth-order valence-corrected chi connectivity index (χ4v) is 2.00. The lowest BCUT2D eigenvalue weighted by molar-refractivity contribution is 0.575. The largest absolute Gasteiger partial charge is 0.461 e. The average Bonchev–Trinajstić information content (AvgIpc) is 2.85. The van der Waals surface area contributed by atoms with Crippen LogP contribution in [0.25, 0.3) is 22.2 Å². The van der Waals surface area contributed by atoms with Gasteiger partial charge >= 0.3 is 0 Å². The van der Waals surface area contributed by atoms with Crippen LogP contribution < -0.4 is 5.73 Å². The minimum Gasteiger partial charge on any atom is -0.461 e. The standard InChI is InChI=1S/C13H13N3O/c1-7-8(2)17-12-4-3-9(5-10(7)12)11-6-13(14)16-15-11/h3-6H,1-2H3,(H3,14,15,16). The van der Waals surface area contributed by atoms with Gasteiger partial charge in [0.1, 0.15) is 17.2 Å². The zero-order chi connectivity index (χ0) is 12.0. The minimum atomic E-state index is 0.500. The monoisotopic (exact) mass is 227 g/mol. The minimum absolute atomic E-state index is 0.500. The number of nitrogens with two attached hydrogens (primary N) is 1. The first-order valence-electron chi connectivity index (χ1n) is 5.46. The molecule has 0 aliphatic rings. The van der Waals surface area contributed by atoms with E-state index in [2.05, 4.69) is 23.2 Å². The number of aromatic amines is 1. The van der Waals surface area contributed by atoms with Gasteiger partial charge in [-0.3, -0.25) is 5.10 Å². The Morgan fingerprint density at radius 2 is 2.06 bits per heavy atom. The maximum absolute atomic E-state index is 5.64. The number of hydrogen-bond donors (Lipinski definition) is 2. The van der Waals surface area contributed by atoms with Gasteiger partial charge in [-0.1, -0.05) is 0 Å². The molecule has 0 unspecified atom stereocenters. The lowest BCUT2D eigenvalue weighted by atomic mass is 10.1. The van der Waals surface area contributed by atoms with E-state index in [1.165, 1.54) is 5.56 Å². The van der Waals surface area contributed by atoms with Crippen LogP contribution in [0.1, 0.15) is 11.3 Å². The third kappa shape index (κ3) is 1.49. The predicted molar refractivity (Wildman–Crippen MR) is 67.7 cm³/mol. The highest BCUT2D eigenvalue weighted by atomic mass is 16.3. The van der Waals surface area contributed by atoms with Crippen molar-refractivity contribution < 1.29 is 4.42 Å². The van der Waals surface area contributed by atoms with E-state index in [9.17, 15) is 0 Å². The van der Waals surface area contributed by atoms with Crippen LogP contribution in [0.15, 0.2) is 28.7 Å². The molecule has 4 heteroatoms. The van der Waals surface area contributed by atoms with Gasteiger partial charge in [0.2, 0.25) is 0 Å². The van der Waals surface area contributed by atoms with Gasteiger partial charge in [-0.05, 0) is 37.6 Å². The summed E-state index contributed by atoms with van der Waals surface area (Å²) in [6.45, 7) is 4.04. The van der Waals surface area contributed by atoms with Crippen molar-refractivity contribution in [3.8, 4) is 11.3 Å². The van der Waals surface area contributed by atoms with Crippen LogP contribution in [0.4, 0.5) is 5.82 Å². The predicted octanol–water partition coefficient (Wildman–Crippen LogP) is 3.02. The SMILES string of the molecule is Cc1oc2ccc(-c3cc(N)n[nH]3)cc2c1C. The summed E-state index contributed by atoms with van der Waals surface area (Å²) in [6.07, 6.45) is 0. The quantitative estimate of drug-likeness (QED) is 0.671. The number of rotatable bonds is 1. The number of H-pyrrole nitrogens is 1. The maximum atomic E-state index is 5.64. The molecule has 0 fully saturated rings. The second kappa shape index (κ2) is 3.38. The molecule has 3 N–H and O–H groups in total. The van der Waals surface area contributed by atoms with Crippen molar-refractivity contribution in [1.82, 2.24) is 10.2 Å². The Balaban J connectivity index is 2.22. The molecule has 4 nitrogen and oxygen atoms in total. The summed E-state index contributed by atoms with van der Waals surface area (Å²) in [6, 6.07) is 7.89. The molecule has 0 radical (unpaired) electrons. The van der Waals surface area contributed by atoms with Crippen molar-refractivity contribution in [3.05, 3.63) is 35.6 Å². The Labute approximate surface area is 98.4 Å². The maximum Gasteiger partial charge on any atom is 0.145 e. The van der Waals surface area contributed by atoms with Crippen LogP contribution in [0, 0.1) is 13.8 Å². The van der Waals surface area contributed by atoms with E-state index in [0.717, 1.165) is 28.0 Å². The number of benzene rings is 1. The molecular formula is C13H13N3O. The van der Waals surface area contributed by atoms with Gasteiger partial charge in [0, 0.05) is 17.0 Å². The number of fused-ring (bicyclic) bond motifs is 1. The number of nitrogen functional groups attached to an aromatic ring is 1. The normalized spacial score (nSPS) is 11.2. The molecule has 86 valence electrons. The molecule has 0 amide bonds. The fourth-order valence-electron chi connectivity index (χ4n) is 2.00. The molecule has 2 aromatic heterocycles. The number of hydrogen-bond acceptors (Lipinski definition) is 3. The highest BCUT2D eigenvalue weighted by Gasteiger charge is 2.09. The van der Waals surface area contributed by atoms with Crippen molar-refractivity contribution in [2.24, 2.45) is 0 Å². The van der Waals surface area contributed by atoms with Crippen LogP contribution in [0.2, 0.25) is 0 Å². The first kappa shape index (κ1) is 9.96. The molecule has 3 rings (SSSR count). The van der Waals surface area contributed by atoms with Gasteiger partial charge in [0.05, 0.1) is 5.69 Å². The van der Waals surface area contributed by atoms with E-state index in [1.807, 2.05) is 25.1 Å². The molecule has 0 saturated heterocycles. The lowest BCUT2D eigenvalue weighted by Gasteiger charge is -1.97. The highest BCUT2D eigenvalue weighted by Crippen LogP contribution is 2.29. The van der Waals surface area contributed by atoms with E-state index in [4.69, 9.17) is 10.2 Å². The molecule has 0 spiro atoms. The smallest absolute Gasteiger partial charge is 0.145 e. The van der Waals surface area contributed by atoms with Gasteiger partial charge in [-0.25, -0.2) is 0 Å². The van der Waals surface area contributed by atoms with Gasteiger partial charge in [-0.2, -0.15) is 5.10 Å². The van der Waals surface area contributed by atoms with Gasteiger partial charge in [0.15, 0.2) is 0 Å². The number of nitrogens with one attached hydrogen (secondary N) is 1. The Kier molecular flexibility index (Phi) is 1.98. The Morgan fingerprint density at radius 1 is 1.24 bits per heavy atom. The summed E-state index contributed by atoms with van der Waals surface area (Å²) in [5.41, 5.74) is 9.67. The van der Waals surface area contributed by atoms with E-state index < -0.39 is 0 Å². The van der Waals surface area contributed by atoms with Crippen molar-refractivity contribution in [2.45, 2.75) is 13.8 Å². The zero-order valence-electron chi connectivity index (χ0n) is 9.74. The van der Waals surface area contributed by atoms with Crippen LogP contribution in [0.5, 0.6) is 0 Å². The van der Waals surface area contributed by atoms with Crippen LogP contribution >= 0.6 is 0 Å². The molecule has 17 heavy (non-hydrogen) atoms. The van der Waals surface area contributed by atoms with Crippen LogP contribution in [-0.2, 0) is 0 Å². The molecule has 2 heterocycles. The second-order valence-corrected chi connectivity index (χ2v) is 4.20. The second-order valence-electron chi connectivity index (χ2n) is 4.20. The van der Waals surface area contributed by atoms with Crippen molar-refractivity contribution in [3.63, 3.8) is 0 Å². The van der Waals surface area contributed by atoms with E-state index in [-0.39, 0.29) is 0 Å². The zero-order valence-corrected chi connectivity index (χ0v) is 9.74. The molecule has 0 bridgehead atoms. The summed E-state index contributed by atoms with van der Waals surface area (Å²) < 4.78 is 5.64. The molecule has 0 aliphatic heterocycles. The third-order valence-corrected chi connectivity index (χ3v) is 3.08. The van der Waals surface area contributed by atoms with Crippen molar-refractivity contribution in [2.75, 3.05) is 5.73 Å². The molecule has 0 aliphatic carbocycles. The lowest BCUT2D eigenvalue weighted by Crippen LogP contribution is -1.81. The summed E-state index contributed by atoms with van der Waals surface area (Å²) >= 11 is 0. The molecule has 3 aromatic rings. The topological polar surface area (TPSA) is 67.8 Å². The van der Waals surface area contributed by atoms with Crippen molar-refractivity contribution >= 4 is 16.8 Å². The van der Waals surface area contributed by atoms with E-state index in [0.29, 0.717) is 5.82 Å². The van der Waals surface area contributed by atoms with E-state index >= 15 is 0 Å². The fraction of sp³-hybridized carbons (Fsp3) is 0.154.